The highest BCUT2D eigenvalue weighted by Gasteiger charge is 2.44. The number of hydrogen-bond acceptors (Lipinski definition) is 3. The Morgan fingerprint density at radius 3 is 2.68 bits per heavy atom. The van der Waals surface area contributed by atoms with Crippen molar-refractivity contribution in [1.29, 1.82) is 0 Å². The predicted octanol–water partition coefficient (Wildman–Crippen LogP) is 3.34. The van der Waals surface area contributed by atoms with Crippen LogP contribution in [0.25, 0.3) is 0 Å². The SMILES string of the molecule is CC(=CCO)[C@@H]1C(C)=C[C@@H]2C[C@H](O)C[C@H](C)[C@H]2[C@@H]1/C=C/C=C/C(=O)O. The van der Waals surface area contributed by atoms with Crippen LogP contribution in [-0.2, 0) is 4.79 Å². The van der Waals surface area contributed by atoms with Gasteiger partial charge >= 0.3 is 5.97 Å². The summed E-state index contributed by atoms with van der Waals surface area (Å²) in [7, 11) is 0. The summed E-state index contributed by atoms with van der Waals surface area (Å²) in [6.45, 7) is 6.39. The Kier molecular flexibility index (Phi) is 6.79. The Morgan fingerprint density at radius 2 is 2.04 bits per heavy atom. The van der Waals surface area contributed by atoms with E-state index in [2.05, 4.69) is 32.9 Å². The second-order valence-electron chi connectivity index (χ2n) is 7.52. The number of allylic oxidation sites excluding steroid dienone is 6. The van der Waals surface area contributed by atoms with Crippen LogP contribution in [-0.4, -0.2) is 34.0 Å². The molecule has 2 aliphatic carbocycles. The molecule has 3 N–H and O–H groups in total. The van der Waals surface area contributed by atoms with Crippen LogP contribution in [0.5, 0.6) is 0 Å². The zero-order valence-corrected chi connectivity index (χ0v) is 15.3. The highest BCUT2D eigenvalue weighted by molar-refractivity contribution is 5.80. The second kappa shape index (κ2) is 8.63. The number of fused-ring (bicyclic) bond motifs is 1. The summed E-state index contributed by atoms with van der Waals surface area (Å²) < 4.78 is 0. The minimum Gasteiger partial charge on any atom is -0.478 e. The zero-order valence-electron chi connectivity index (χ0n) is 15.3. The Labute approximate surface area is 150 Å². The van der Waals surface area contributed by atoms with Crippen molar-refractivity contribution < 1.29 is 20.1 Å². The van der Waals surface area contributed by atoms with Gasteiger partial charge in [0.15, 0.2) is 0 Å². The fourth-order valence-corrected chi connectivity index (χ4v) is 4.89. The first-order chi connectivity index (χ1) is 11.8. The number of aliphatic carboxylic acids is 1. The first-order valence-corrected chi connectivity index (χ1v) is 9.06. The van der Waals surface area contributed by atoms with E-state index in [1.165, 1.54) is 5.57 Å². The summed E-state index contributed by atoms with van der Waals surface area (Å²) >= 11 is 0. The molecule has 2 rings (SSSR count). The number of rotatable bonds is 5. The molecular weight excluding hydrogens is 316 g/mol. The van der Waals surface area contributed by atoms with Crippen molar-refractivity contribution in [2.75, 3.05) is 6.61 Å². The van der Waals surface area contributed by atoms with Crippen molar-refractivity contribution in [3.05, 3.63) is 47.6 Å². The highest BCUT2D eigenvalue weighted by atomic mass is 16.4. The molecule has 2 aliphatic rings. The molecule has 6 atom stereocenters. The number of aliphatic hydroxyl groups is 2. The summed E-state index contributed by atoms with van der Waals surface area (Å²) in [5, 5.41) is 28.2. The molecule has 0 aliphatic heterocycles. The molecule has 1 saturated carbocycles. The summed E-state index contributed by atoms with van der Waals surface area (Å²) in [6.07, 6.45) is 12.2. The lowest BCUT2D eigenvalue weighted by Gasteiger charge is -2.48. The molecular formula is C21H30O4. The van der Waals surface area contributed by atoms with Gasteiger partial charge in [-0.1, -0.05) is 48.5 Å². The van der Waals surface area contributed by atoms with E-state index in [-0.39, 0.29) is 24.5 Å². The molecule has 0 aromatic rings. The van der Waals surface area contributed by atoms with Crippen molar-refractivity contribution in [3.8, 4) is 0 Å². The van der Waals surface area contributed by atoms with Crippen LogP contribution in [0, 0.1) is 29.6 Å². The van der Waals surface area contributed by atoms with Gasteiger partial charge in [-0.15, -0.1) is 0 Å². The Hall–Kier alpha value is -1.65. The third kappa shape index (κ3) is 4.71. The standard InChI is InChI=1S/C21H30O4/c1-13(8-9-22)20-14(2)10-16-12-17(23)11-15(3)21(16)18(20)6-4-5-7-19(24)25/h4-8,10,15-18,20-23H,9,11-12H2,1-3H3,(H,24,25)/b6-4+,7-5+,13-8?/t15-,16+,17+,18+,20+,21+/m0/s1. The summed E-state index contributed by atoms with van der Waals surface area (Å²) in [4.78, 5) is 10.7. The van der Waals surface area contributed by atoms with Gasteiger partial charge in [-0.2, -0.15) is 0 Å². The third-order valence-electron chi connectivity index (χ3n) is 5.72. The van der Waals surface area contributed by atoms with Crippen molar-refractivity contribution in [2.45, 2.75) is 39.7 Å². The average molecular weight is 346 g/mol. The van der Waals surface area contributed by atoms with Gasteiger partial charge in [0.1, 0.15) is 0 Å². The minimum absolute atomic E-state index is 0.0212. The smallest absolute Gasteiger partial charge is 0.328 e. The maximum atomic E-state index is 10.7. The maximum absolute atomic E-state index is 10.7. The molecule has 0 unspecified atom stereocenters. The lowest BCUT2D eigenvalue weighted by Crippen LogP contribution is -2.42. The topological polar surface area (TPSA) is 77.8 Å². The van der Waals surface area contributed by atoms with Crippen LogP contribution in [0.4, 0.5) is 0 Å². The van der Waals surface area contributed by atoms with Crippen molar-refractivity contribution >= 4 is 5.97 Å². The van der Waals surface area contributed by atoms with Crippen LogP contribution in [0.2, 0.25) is 0 Å². The van der Waals surface area contributed by atoms with Gasteiger partial charge < -0.3 is 15.3 Å². The summed E-state index contributed by atoms with van der Waals surface area (Å²) in [6, 6.07) is 0. The quantitative estimate of drug-likeness (QED) is 0.405. The number of hydrogen-bond donors (Lipinski definition) is 3. The molecule has 0 spiro atoms. The first kappa shape index (κ1) is 19.7. The summed E-state index contributed by atoms with van der Waals surface area (Å²) in [5.74, 6) is 0.632. The normalized spacial score (nSPS) is 36.5. The molecule has 4 nitrogen and oxygen atoms in total. The molecule has 1 fully saturated rings. The largest absolute Gasteiger partial charge is 0.478 e. The van der Waals surface area contributed by atoms with Gasteiger partial charge in [-0.3, -0.25) is 0 Å². The second-order valence-corrected chi connectivity index (χ2v) is 7.52. The number of aliphatic hydroxyl groups excluding tert-OH is 2. The number of carbonyl (C=O) groups is 1. The van der Waals surface area contributed by atoms with Crippen molar-refractivity contribution in [2.24, 2.45) is 29.6 Å². The number of carboxylic acids is 1. The van der Waals surface area contributed by atoms with Gasteiger partial charge in [-0.25, -0.2) is 4.79 Å². The predicted molar refractivity (Wildman–Crippen MR) is 98.9 cm³/mol. The molecule has 0 aromatic carbocycles. The first-order valence-electron chi connectivity index (χ1n) is 9.06. The third-order valence-corrected chi connectivity index (χ3v) is 5.72. The van der Waals surface area contributed by atoms with E-state index < -0.39 is 5.97 Å². The molecule has 0 aromatic heterocycles. The molecule has 0 amide bonds. The molecule has 25 heavy (non-hydrogen) atoms. The van der Waals surface area contributed by atoms with Crippen LogP contribution in [0.1, 0.15) is 33.6 Å². The van der Waals surface area contributed by atoms with Crippen molar-refractivity contribution in [3.63, 3.8) is 0 Å². The highest BCUT2D eigenvalue weighted by Crippen LogP contribution is 2.50. The van der Waals surface area contributed by atoms with E-state index in [0.29, 0.717) is 17.8 Å². The molecule has 0 heterocycles. The van der Waals surface area contributed by atoms with Crippen LogP contribution >= 0.6 is 0 Å². The molecule has 4 heteroatoms. The van der Waals surface area contributed by atoms with E-state index in [0.717, 1.165) is 24.5 Å². The van der Waals surface area contributed by atoms with Crippen molar-refractivity contribution in [1.82, 2.24) is 0 Å². The van der Waals surface area contributed by atoms with Crippen LogP contribution in [0.3, 0.4) is 0 Å². The van der Waals surface area contributed by atoms with E-state index in [9.17, 15) is 15.0 Å². The van der Waals surface area contributed by atoms with E-state index in [1.807, 2.05) is 12.2 Å². The van der Waals surface area contributed by atoms with Gasteiger partial charge in [0.25, 0.3) is 0 Å². The van der Waals surface area contributed by atoms with E-state index >= 15 is 0 Å². The fraction of sp³-hybridized carbons (Fsp3) is 0.571. The Balaban J connectivity index is 2.40. The Bertz CT molecular complexity index is 599. The van der Waals surface area contributed by atoms with Crippen LogP contribution in [0.15, 0.2) is 47.6 Å². The fourth-order valence-electron chi connectivity index (χ4n) is 4.89. The minimum atomic E-state index is -0.954. The lowest BCUT2D eigenvalue weighted by molar-refractivity contribution is -0.131. The zero-order chi connectivity index (χ0) is 18.6. The molecule has 0 saturated heterocycles. The molecule has 0 radical (unpaired) electrons. The van der Waals surface area contributed by atoms with Gasteiger partial charge in [-0.05, 0) is 50.4 Å². The molecule has 138 valence electrons. The lowest BCUT2D eigenvalue weighted by atomic mass is 9.57. The van der Waals surface area contributed by atoms with Gasteiger partial charge in [0.2, 0.25) is 0 Å². The Morgan fingerprint density at radius 1 is 1.32 bits per heavy atom. The summed E-state index contributed by atoms with van der Waals surface area (Å²) in [5.41, 5.74) is 2.41. The van der Waals surface area contributed by atoms with Crippen LogP contribution < -0.4 is 0 Å². The van der Waals surface area contributed by atoms with E-state index in [1.54, 1.807) is 6.08 Å². The molecule has 0 bridgehead atoms. The van der Waals surface area contributed by atoms with Gasteiger partial charge in [0.05, 0.1) is 12.7 Å². The number of carboxylic acid groups (broad SMARTS) is 1. The van der Waals surface area contributed by atoms with Gasteiger partial charge in [0, 0.05) is 12.0 Å². The van der Waals surface area contributed by atoms with E-state index in [4.69, 9.17) is 5.11 Å². The monoisotopic (exact) mass is 346 g/mol. The maximum Gasteiger partial charge on any atom is 0.328 e. The average Bonchev–Trinajstić information content (AvgIpc) is 2.50.